The molecular weight excluding hydrogens is 334 g/mol. The standard InChI is InChI=1S/C18H25N5O3/c1-22-17(5-9-20-22)16(13-25-2)21-18(24)23-10-6-14(7-11-23)26-15-4-3-8-19-12-15/h3-5,8-9,12,14,16H,6-7,10-11,13H2,1-2H3,(H,21,24). The summed E-state index contributed by atoms with van der Waals surface area (Å²) in [6.07, 6.45) is 6.84. The number of piperidine rings is 1. The molecule has 1 unspecified atom stereocenters. The third kappa shape index (κ3) is 4.51. The van der Waals surface area contributed by atoms with Crippen LogP contribution in [0.5, 0.6) is 5.75 Å². The number of hydrogen-bond acceptors (Lipinski definition) is 5. The van der Waals surface area contributed by atoms with E-state index in [2.05, 4.69) is 15.4 Å². The molecule has 1 saturated heterocycles. The van der Waals surface area contributed by atoms with Crippen molar-refractivity contribution in [1.82, 2.24) is 25.0 Å². The van der Waals surface area contributed by atoms with Crippen LogP contribution in [0.15, 0.2) is 36.8 Å². The van der Waals surface area contributed by atoms with Crippen molar-refractivity contribution in [2.45, 2.75) is 25.0 Å². The van der Waals surface area contributed by atoms with Crippen molar-refractivity contribution in [3.63, 3.8) is 0 Å². The molecule has 0 saturated carbocycles. The highest BCUT2D eigenvalue weighted by Gasteiger charge is 2.26. The second-order valence-electron chi connectivity index (χ2n) is 6.33. The van der Waals surface area contributed by atoms with E-state index in [4.69, 9.17) is 9.47 Å². The largest absolute Gasteiger partial charge is 0.489 e. The van der Waals surface area contributed by atoms with Gasteiger partial charge in [0.1, 0.15) is 11.9 Å². The van der Waals surface area contributed by atoms with Crippen LogP contribution >= 0.6 is 0 Å². The lowest BCUT2D eigenvalue weighted by Gasteiger charge is -2.33. The van der Waals surface area contributed by atoms with Crippen LogP contribution in [0.1, 0.15) is 24.6 Å². The third-order valence-electron chi connectivity index (χ3n) is 4.51. The summed E-state index contributed by atoms with van der Waals surface area (Å²) < 4.78 is 12.9. The summed E-state index contributed by atoms with van der Waals surface area (Å²) in [5, 5.41) is 7.21. The Balaban J connectivity index is 1.52. The molecule has 1 aliphatic rings. The van der Waals surface area contributed by atoms with Crippen molar-refractivity contribution in [3.8, 4) is 5.75 Å². The molecule has 0 aromatic carbocycles. The maximum atomic E-state index is 12.6. The minimum absolute atomic E-state index is 0.0897. The zero-order chi connectivity index (χ0) is 18.4. The first-order valence-corrected chi connectivity index (χ1v) is 8.76. The third-order valence-corrected chi connectivity index (χ3v) is 4.51. The molecule has 8 nitrogen and oxygen atoms in total. The number of aryl methyl sites for hydroxylation is 1. The number of likely N-dealkylation sites (tertiary alicyclic amines) is 1. The number of rotatable bonds is 6. The van der Waals surface area contributed by atoms with Crippen molar-refractivity contribution in [1.29, 1.82) is 0 Å². The predicted octanol–water partition coefficient (Wildman–Crippen LogP) is 1.76. The highest BCUT2D eigenvalue weighted by atomic mass is 16.5. The van der Waals surface area contributed by atoms with Gasteiger partial charge in [-0.1, -0.05) is 0 Å². The molecule has 3 rings (SSSR count). The van der Waals surface area contributed by atoms with E-state index in [1.165, 1.54) is 0 Å². The molecule has 26 heavy (non-hydrogen) atoms. The summed E-state index contributed by atoms with van der Waals surface area (Å²) in [5.41, 5.74) is 0.912. The van der Waals surface area contributed by atoms with Gasteiger partial charge in [0.25, 0.3) is 0 Å². The van der Waals surface area contributed by atoms with E-state index in [9.17, 15) is 4.79 Å². The van der Waals surface area contributed by atoms with Crippen LogP contribution in [0.2, 0.25) is 0 Å². The van der Waals surface area contributed by atoms with Gasteiger partial charge in [0.2, 0.25) is 0 Å². The summed E-state index contributed by atoms with van der Waals surface area (Å²) in [6, 6.07) is 5.32. The Morgan fingerprint density at radius 3 is 2.77 bits per heavy atom. The summed E-state index contributed by atoms with van der Waals surface area (Å²) in [6.45, 7) is 1.70. The highest BCUT2D eigenvalue weighted by molar-refractivity contribution is 5.74. The molecule has 2 aromatic heterocycles. The first kappa shape index (κ1) is 18.2. The smallest absolute Gasteiger partial charge is 0.318 e. The van der Waals surface area contributed by atoms with E-state index < -0.39 is 0 Å². The minimum atomic E-state index is -0.232. The summed E-state index contributed by atoms with van der Waals surface area (Å²) in [5.74, 6) is 0.770. The maximum absolute atomic E-state index is 12.6. The normalized spacial score (nSPS) is 16.3. The monoisotopic (exact) mass is 359 g/mol. The summed E-state index contributed by atoms with van der Waals surface area (Å²) in [4.78, 5) is 18.5. The summed E-state index contributed by atoms with van der Waals surface area (Å²) in [7, 11) is 3.47. The number of aromatic nitrogens is 3. The van der Waals surface area contributed by atoms with Gasteiger partial charge in [0.05, 0.1) is 24.5 Å². The second-order valence-corrected chi connectivity index (χ2v) is 6.33. The lowest BCUT2D eigenvalue weighted by Crippen LogP contribution is -2.48. The molecule has 2 aromatic rings. The number of pyridine rings is 1. The Labute approximate surface area is 153 Å². The van der Waals surface area contributed by atoms with Gasteiger partial charge in [-0.15, -0.1) is 0 Å². The number of ether oxygens (including phenoxy) is 2. The van der Waals surface area contributed by atoms with Gasteiger partial charge >= 0.3 is 6.03 Å². The van der Waals surface area contributed by atoms with E-state index in [0.717, 1.165) is 24.3 Å². The van der Waals surface area contributed by atoms with Gasteiger partial charge in [-0.25, -0.2) is 4.79 Å². The molecule has 1 atom stereocenters. The number of urea groups is 1. The van der Waals surface area contributed by atoms with Crippen LogP contribution in [0, 0.1) is 0 Å². The van der Waals surface area contributed by atoms with Gasteiger partial charge < -0.3 is 19.7 Å². The predicted molar refractivity (Wildman–Crippen MR) is 95.8 cm³/mol. The number of amides is 2. The van der Waals surface area contributed by atoms with Gasteiger partial charge in [-0.05, 0) is 18.2 Å². The van der Waals surface area contributed by atoms with Gasteiger partial charge in [-0.2, -0.15) is 5.10 Å². The van der Waals surface area contributed by atoms with E-state index in [1.807, 2.05) is 30.1 Å². The Morgan fingerprint density at radius 1 is 1.35 bits per heavy atom. The topological polar surface area (TPSA) is 81.5 Å². The quantitative estimate of drug-likeness (QED) is 0.850. The van der Waals surface area contributed by atoms with Gasteiger partial charge in [-0.3, -0.25) is 9.67 Å². The number of methoxy groups -OCH3 is 1. The second kappa shape index (κ2) is 8.66. The van der Waals surface area contributed by atoms with E-state index in [1.54, 1.807) is 30.4 Å². The van der Waals surface area contributed by atoms with E-state index in [0.29, 0.717) is 19.7 Å². The number of carbonyl (C=O) groups excluding carboxylic acids is 1. The van der Waals surface area contributed by atoms with Gasteiger partial charge in [0.15, 0.2) is 0 Å². The lowest BCUT2D eigenvalue weighted by molar-refractivity contribution is 0.105. The van der Waals surface area contributed by atoms with Crippen LogP contribution < -0.4 is 10.1 Å². The Morgan fingerprint density at radius 2 is 2.15 bits per heavy atom. The fourth-order valence-corrected chi connectivity index (χ4v) is 3.12. The number of carbonyl (C=O) groups is 1. The van der Waals surface area contributed by atoms with Crippen molar-refractivity contribution in [2.75, 3.05) is 26.8 Å². The van der Waals surface area contributed by atoms with Crippen LogP contribution in [-0.2, 0) is 11.8 Å². The van der Waals surface area contributed by atoms with Gasteiger partial charge in [0, 0.05) is 52.5 Å². The van der Waals surface area contributed by atoms with Crippen LogP contribution in [0.3, 0.4) is 0 Å². The molecule has 0 spiro atoms. The van der Waals surface area contributed by atoms with Crippen molar-refractivity contribution in [3.05, 3.63) is 42.5 Å². The fourth-order valence-electron chi connectivity index (χ4n) is 3.12. The average molecular weight is 359 g/mol. The Kier molecular flexibility index (Phi) is 6.06. The number of nitrogens with zero attached hydrogens (tertiary/aromatic N) is 4. The average Bonchev–Trinajstić information content (AvgIpc) is 3.08. The zero-order valence-electron chi connectivity index (χ0n) is 15.2. The van der Waals surface area contributed by atoms with Crippen molar-refractivity contribution < 1.29 is 14.3 Å². The molecule has 1 aliphatic heterocycles. The molecule has 2 amide bonds. The van der Waals surface area contributed by atoms with Crippen LogP contribution in [-0.4, -0.2) is 58.6 Å². The molecule has 1 fully saturated rings. The van der Waals surface area contributed by atoms with E-state index in [-0.39, 0.29) is 18.2 Å². The molecule has 0 bridgehead atoms. The SMILES string of the molecule is COCC(NC(=O)N1CCC(Oc2cccnc2)CC1)c1ccnn1C. The molecule has 140 valence electrons. The highest BCUT2D eigenvalue weighted by Crippen LogP contribution is 2.19. The Bertz CT molecular complexity index is 698. The molecule has 3 heterocycles. The molecule has 8 heteroatoms. The molecular formula is C18H25N5O3. The lowest BCUT2D eigenvalue weighted by atomic mass is 10.1. The number of nitrogens with one attached hydrogen (secondary N) is 1. The van der Waals surface area contributed by atoms with Crippen molar-refractivity contribution in [2.24, 2.45) is 7.05 Å². The van der Waals surface area contributed by atoms with Crippen LogP contribution in [0.4, 0.5) is 4.79 Å². The molecule has 1 N–H and O–H groups in total. The first-order valence-electron chi connectivity index (χ1n) is 8.76. The van der Waals surface area contributed by atoms with Crippen molar-refractivity contribution >= 4 is 6.03 Å². The maximum Gasteiger partial charge on any atom is 0.318 e. The fraction of sp³-hybridized carbons (Fsp3) is 0.500. The summed E-state index contributed by atoms with van der Waals surface area (Å²) >= 11 is 0. The Hall–Kier alpha value is -2.61. The van der Waals surface area contributed by atoms with E-state index >= 15 is 0 Å². The molecule has 0 aliphatic carbocycles. The minimum Gasteiger partial charge on any atom is -0.489 e. The van der Waals surface area contributed by atoms with Crippen LogP contribution in [0.25, 0.3) is 0 Å². The molecule has 0 radical (unpaired) electrons. The number of hydrogen-bond donors (Lipinski definition) is 1. The zero-order valence-corrected chi connectivity index (χ0v) is 15.2. The first-order chi connectivity index (χ1) is 12.7.